The maximum Gasteiger partial charge on any atom is 0.234 e. The molecule has 0 spiro atoms. The first-order valence-electron chi connectivity index (χ1n) is 6.13. The first-order valence-corrected chi connectivity index (χ1v) is 7.18. The molecule has 16 heavy (non-hydrogen) atoms. The minimum Gasteiger partial charge on any atom is -0.368 e. The SMILES string of the molecule is CCCNC(CCSC(C)C(C)C)C(N)=O. The highest BCUT2D eigenvalue weighted by Crippen LogP contribution is 2.19. The van der Waals surface area contributed by atoms with Crippen LogP contribution >= 0.6 is 11.8 Å². The molecular formula is C12H26N2OS. The molecule has 0 rings (SSSR count). The van der Waals surface area contributed by atoms with Gasteiger partial charge in [-0.1, -0.05) is 27.7 Å². The molecule has 0 aromatic heterocycles. The van der Waals surface area contributed by atoms with Crippen LogP contribution < -0.4 is 11.1 Å². The molecule has 0 fully saturated rings. The van der Waals surface area contributed by atoms with Gasteiger partial charge in [-0.3, -0.25) is 4.79 Å². The van der Waals surface area contributed by atoms with E-state index in [0.717, 1.165) is 25.1 Å². The molecule has 0 radical (unpaired) electrons. The number of carbonyl (C=O) groups is 1. The molecule has 1 amide bonds. The van der Waals surface area contributed by atoms with Crippen molar-refractivity contribution >= 4 is 17.7 Å². The Kier molecular flexibility index (Phi) is 8.76. The average molecular weight is 246 g/mol. The van der Waals surface area contributed by atoms with Crippen LogP contribution in [-0.4, -0.2) is 29.5 Å². The Hall–Kier alpha value is -0.220. The van der Waals surface area contributed by atoms with Gasteiger partial charge in [0.15, 0.2) is 0 Å². The zero-order chi connectivity index (χ0) is 12.6. The molecular weight excluding hydrogens is 220 g/mol. The molecule has 2 unspecified atom stereocenters. The Labute approximate surface area is 104 Å². The Morgan fingerprint density at radius 3 is 2.44 bits per heavy atom. The van der Waals surface area contributed by atoms with Crippen LogP contribution in [0.1, 0.15) is 40.5 Å². The van der Waals surface area contributed by atoms with Gasteiger partial charge in [0.05, 0.1) is 6.04 Å². The van der Waals surface area contributed by atoms with E-state index in [0.29, 0.717) is 11.2 Å². The Morgan fingerprint density at radius 1 is 1.38 bits per heavy atom. The van der Waals surface area contributed by atoms with Gasteiger partial charge < -0.3 is 11.1 Å². The van der Waals surface area contributed by atoms with Gasteiger partial charge in [-0.15, -0.1) is 0 Å². The highest BCUT2D eigenvalue weighted by Gasteiger charge is 2.15. The summed E-state index contributed by atoms with van der Waals surface area (Å²) in [7, 11) is 0. The quantitative estimate of drug-likeness (QED) is 0.654. The number of hydrogen-bond donors (Lipinski definition) is 2. The van der Waals surface area contributed by atoms with Crippen molar-refractivity contribution in [3.05, 3.63) is 0 Å². The van der Waals surface area contributed by atoms with E-state index < -0.39 is 0 Å². The Bertz CT molecular complexity index is 197. The van der Waals surface area contributed by atoms with Crippen molar-refractivity contribution < 1.29 is 4.79 Å². The zero-order valence-corrected chi connectivity index (χ0v) is 11.8. The van der Waals surface area contributed by atoms with E-state index >= 15 is 0 Å². The van der Waals surface area contributed by atoms with E-state index in [1.165, 1.54) is 0 Å². The van der Waals surface area contributed by atoms with Crippen LogP contribution in [0.25, 0.3) is 0 Å². The second-order valence-electron chi connectivity index (χ2n) is 4.52. The van der Waals surface area contributed by atoms with Gasteiger partial charge in [-0.2, -0.15) is 11.8 Å². The van der Waals surface area contributed by atoms with Crippen LogP contribution in [0, 0.1) is 5.92 Å². The van der Waals surface area contributed by atoms with E-state index in [1.54, 1.807) is 0 Å². The van der Waals surface area contributed by atoms with Gasteiger partial charge in [0, 0.05) is 5.25 Å². The van der Waals surface area contributed by atoms with Gasteiger partial charge in [0.1, 0.15) is 0 Å². The van der Waals surface area contributed by atoms with E-state index in [9.17, 15) is 4.79 Å². The summed E-state index contributed by atoms with van der Waals surface area (Å²) in [5.41, 5.74) is 5.34. The molecule has 0 aromatic rings. The van der Waals surface area contributed by atoms with Crippen LogP contribution in [0.2, 0.25) is 0 Å². The number of rotatable bonds is 9. The number of carbonyl (C=O) groups excluding carboxylic acids is 1. The largest absolute Gasteiger partial charge is 0.368 e. The first-order chi connectivity index (χ1) is 7.49. The standard InChI is InChI=1S/C12H26N2OS/c1-5-7-14-11(12(13)15)6-8-16-10(4)9(2)3/h9-11,14H,5-8H2,1-4H3,(H2,13,15). The molecule has 0 aliphatic carbocycles. The number of primary amides is 1. The summed E-state index contributed by atoms with van der Waals surface area (Å²) < 4.78 is 0. The summed E-state index contributed by atoms with van der Waals surface area (Å²) in [6.45, 7) is 9.61. The Balaban J connectivity index is 3.80. The summed E-state index contributed by atoms with van der Waals surface area (Å²) in [6, 6.07) is -0.160. The van der Waals surface area contributed by atoms with Crippen molar-refractivity contribution in [1.29, 1.82) is 0 Å². The van der Waals surface area contributed by atoms with E-state index in [-0.39, 0.29) is 11.9 Å². The lowest BCUT2D eigenvalue weighted by Gasteiger charge is -2.18. The molecule has 4 heteroatoms. The van der Waals surface area contributed by atoms with Gasteiger partial charge >= 0.3 is 0 Å². The van der Waals surface area contributed by atoms with Crippen LogP contribution in [0.3, 0.4) is 0 Å². The van der Waals surface area contributed by atoms with E-state index in [2.05, 4.69) is 33.0 Å². The van der Waals surface area contributed by atoms with Crippen molar-refractivity contribution in [2.45, 2.75) is 51.8 Å². The van der Waals surface area contributed by atoms with Crippen molar-refractivity contribution in [2.75, 3.05) is 12.3 Å². The van der Waals surface area contributed by atoms with Gasteiger partial charge in [-0.05, 0) is 31.1 Å². The predicted octanol–water partition coefficient (Wildman–Crippen LogP) is 2.01. The average Bonchev–Trinajstić information content (AvgIpc) is 2.21. The fourth-order valence-corrected chi connectivity index (χ4v) is 2.36. The van der Waals surface area contributed by atoms with Gasteiger partial charge in [-0.25, -0.2) is 0 Å². The minimum absolute atomic E-state index is 0.160. The molecule has 0 bridgehead atoms. The molecule has 96 valence electrons. The van der Waals surface area contributed by atoms with Crippen molar-refractivity contribution in [1.82, 2.24) is 5.32 Å². The van der Waals surface area contributed by atoms with Gasteiger partial charge in [0.25, 0.3) is 0 Å². The smallest absolute Gasteiger partial charge is 0.234 e. The molecule has 3 nitrogen and oxygen atoms in total. The normalized spacial score (nSPS) is 15.1. The third-order valence-corrected chi connectivity index (χ3v) is 4.25. The molecule has 0 saturated heterocycles. The molecule has 3 N–H and O–H groups in total. The summed E-state index contributed by atoms with van der Waals surface area (Å²) >= 11 is 1.92. The highest BCUT2D eigenvalue weighted by molar-refractivity contribution is 7.99. The Morgan fingerprint density at radius 2 is 2.00 bits per heavy atom. The van der Waals surface area contributed by atoms with Crippen LogP contribution in [-0.2, 0) is 4.79 Å². The minimum atomic E-state index is -0.230. The number of nitrogens with one attached hydrogen (secondary N) is 1. The fourth-order valence-electron chi connectivity index (χ4n) is 1.23. The van der Waals surface area contributed by atoms with E-state index in [4.69, 9.17) is 5.73 Å². The fraction of sp³-hybridized carbons (Fsp3) is 0.917. The highest BCUT2D eigenvalue weighted by atomic mass is 32.2. The molecule has 0 heterocycles. The zero-order valence-electron chi connectivity index (χ0n) is 11.0. The molecule has 0 saturated carbocycles. The molecule has 0 aromatic carbocycles. The van der Waals surface area contributed by atoms with Crippen molar-refractivity contribution in [3.8, 4) is 0 Å². The van der Waals surface area contributed by atoms with Crippen LogP contribution in [0.5, 0.6) is 0 Å². The maximum absolute atomic E-state index is 11.2. The lowest BCUT2D eigenvalue weighted by Crippen LogP contribution is -2.42. The molecule has 2 atom stereocenters. The lowest BCUT2D eigenvalue weighted by atomic mass is 10.2. The second-order valence-corrected chi connectivity index (χ2v) is 6.00. The maximum atomic E-state index is 11.2. The summed E-state index contributed by atoms with van der Waals surface area (Å²) in [5.74, 6) is 1.44. The number of thioether (sulfide) groups is 1. The number of nitrogens with two attached hydrogens (primary N) is 1. The van der Waals surface area contributed by atoms with Crippen LogP contribution in [0.4, 0.5) is 0 Å². The lowest BCUT2D eigenvalue weighted by molar-refractivity contribution is -0.120. The summed E-state index contributed by atoms with van der Waals surface area (Å²) in [4.78, 5) is 11.2. The van der Waals surface area contributed by atoms with Crippen molar-refractivity contribution in [2.24, 2.45) is 11.7 Å². The number of hydrogen-bond acceptors (Lipinski definition) is 3. The van der Waals surface area contributed by atoms with Gasteiger partial charge in [0.2, 0.25) is 5.91 Å². The van der Waals surface area contributed by atoms with Crippen LogP contribution in [0.15, 0.2) is 0 Å². The third-order valence-electron chi connectivity index (χ3n) is 2.71. The predicted molar refractivity (Wildman–Crippen MR) is 72.7 cm³/mol. The van der Waals surface area contributed by atoms with Crippen molar-refractivity contribution in [3.63, 3.8) is 0 Å². The molecule has 0 aliphatic rings. The topological polar surface area (TPSA) is 55.1 Å². The first kappa shape index (κ1) is 15.8. The third kappa shape index (κ3) is 7.12. The van der Waals surface area contributed by atoms with E-state index in [1.807, 2.05) is 11.8 Å². The number of amides is 1. The molecule has 0 aliphatic heterocycles. The summed E-state index contributed by atoms with van der Waals surface area (Å²) in [5, 5.41) is 3.82. The second kappa shape index (κ2) is 8.88. The summed E-state index contributed by atoms with van der Waals surface area (Å²) in [6.07, 6.45) is 1.86. The monoisotopic (exact) mass is 246 g/mol.